The number of esters is 1. The molecule has 2 atom stereocenters. The lowest BCUT2D eigenvalue weighted by molar-refractivity contribution is -0.148. The predicted octanol–water partition coefficient (Wildman–Crippen LogP) is 1.58. The quantitative estimate of drug-likeness (QED) is 0.734. The molecule has 25 heavy (non-hydrogen) atoms. The lowest BCUT2D eigenvalue weighted by Gasteiger charge is -2.29. The molecule has 1 aliphatic carbocycles. The van der Waals surface area contributed by atoms with Crippen LogP contribution in [0.15, 0.2) is 30.3 Å². The second-order valence-electron chi connectivity index (χ2n) is 6.54. The molecular formula is C19H26N2O4. The second kappa shape index (κ2) is 9.81. The Kier molecular flexibility index (Phi) is 7.44. The molecule has 1 saturated carbocycles. The summed E-state index contributed by atoms with van der Waals surface area (Å²) in [6, 6.07) is 9.41. The van der Waals surface area contributed by atoms with Crippen LogP contribution in [0.1, 0.15) is 38.2 Å². The van der Waals surface area contributed by atoms with Gasteiger partial charge in [0.2, 0.25) is 5.91 Å². The number of hydrogen-bond donors (Lipinski definition) is 2. The smallest absolute Gasteiger partial charge is 0.325 e. The number of ether oxygens (including phenoxy) is 1. The third kappa shape index (κ3) is 6.95. The van der Waals surface area contributed by atoms with Crippen LogP contribution in [0.4, 0.5) is 0 Å². The largest absolute Gasteiger partial charge is 0.454 e. The minimum Gasteiger partial charge on any atom is -0.454 e. The Hall–Kier alpha value is -2.37. The van der Waals surface area contributed by atoms with Gasteiger partial charge in [-0.25, -0.2) is 0 Å². The van der Waals surface area contributed by atoms with Crippen LogP contribution in [0, 0.1) is 5.92 Å². The summed E-state index contributed by atoms with van der Waals surface area (Å²) in [6.45, 7) is 1.58. The van der Waals surface area contributed by atoms with Crippen molar-refractivity contribution in [2.75, 3.05) is 13.2 Å². The molecule has 0 radical (unpaired) electrons. The number of carbonyl (C=O) groups is 3. The van der Waals surface area contributed by atoms with Crippen molar-refractivity contribution in [1.29, 1.82) is 0 Å². The van der Waals surface area contributed by atoms with Crippen LogP contribution in [0.5, 0.6) is 0 Å². The van der Waals surface area contributed by atoms with Crippen molar-refractivity contribution < 1.29 is 19.1 Å². The van der Waals surface area contributed by atoms with Gasteiger partial charge in [-0.2, -0.15) is 0 Å². The molecule has 1 aromatic carbocycles. The normalized spacial score (nSPS) is 19.7. The first-order chi connectivity index (χ1) is 12.0. The SMILES string of the molecule is C[C@H]1CCCC[C@@H]1NC(=O)COC(=O)CNC(=O)Cc1ccccc1. The number of amides is 2. The molecule has 0 spiro atoms. The van der Waals surface area contributed by atoms with E-state index in [1.165, 1.54) is 6.42 Å². The van der Waals surface area contributed by atoms with Crippen molar-refractivity contribution in [2.45, 2.75) is 45.1 Å². The zero-order chi connectivity index (χ0) is 18.1. The van der Waals surface area contributed by atoms with Gasteiger partial charge >= 0.3 is 5.97 Å². The van der Waals surface area contributed by atoms with Crippen molar-refractivity contribution in [3.63, 3.8) is 0 Å². The molecule has 1 fully saturated rings. The Morgan fingerprint density at radius 1 is 1.08 bits per heavy atom. The average molecular weight is 346 g/mol. The van der Waals surface area contributed by atoms with Crippen LogP contribution in [0.25, 0.3) is 0 Å². The number of hydrogen-bond acceptors (Lipinski definition) is 4. The van der Waals surface area contributed by atoms with E-state index in [1.54, 1.807) is 0 Å². The van der Waals surface area contributed by atoms with E-state index in [0.29, 0.717) is 5.92 Å². The Morgan fingerprint density at radius 3 is 2.52 bits per heavy atom. The second-order valence-corrected chi connectivity index (χ2v) is 6.54. The van der Waals surface area contributed by atoms with E-state index in [2.05, 4.69) is 17.6 Å². The van der Waals surface area contributed by atoms with Gasteiger partial charge in [-0.15, -0.1) is 0 Å². The summed E-state index contributed by atoms with van der Waals surface area (Å²) in [7, 11) is 0. The van der Waals surface area contributed by atoms with Crippen molar-refractivity contribution in [1.82, 2.24) is 10.6 Å². The van der Waals surface area contributed by atoms with Gasteiger partial charge in [-0.3, -0.25) is 14.4 Å². The maximum Gasteiger partial charge on any atom is 0.325 e. The first kappa shape index (κ1) is 19.0. The monoisotopic (exact) mass is 346 g/mol. The van der Waals surface area contributed by atoms with Crippen LogP contribution in [-0.4, -0.2) is 37.0 Å². The van der Waals surface area contributed by atoms with Gasteiger partial charge in [0.05, 0.1) is 6.42 Å². The first-order valence-electron chi connectivity index (χ1n) is 8.80. The fourth-order valence-electron chi connectivity index (χ4n) is 2.99. The zero-order valence-electron chi connectivity index (χ0n) is 14.6. The number of benzene rings is 1. The summed E-state index contributed by atoms with van der Waals surface area (Å²) in [5.74, 6) is -0.717. The molecule has 2 rings (SSSR count). The zero-order valence-corrected chi connectivity index (χ0v) is 14.6. The van der Waals surface area contributed by atoms with Crippen molar-refractivity contribution in [3.05, 3.63) is 35.9 Å². The highest BCUT2D eigenvalue weighted by Crippen LogP contribution is 2.23. The highest BCUT2D eigenvalue weighted by molar-refractivity contribution is 5.85. The summed E-state index contributed by atoms with van der Waals surface area (Å²) in [5, 5.41) is 5.42. The molecule has 0 aromatic heterocycles. The lowest BCUT2D eigenvalue weighted by Crippen LogP contribution is -2.43. The Labute approximate surface area is 148 Å². The van der Waals surface area contributed by atoms with Gasteiger partial charge in [0.25, 0.3) is 5.91 Å². The number of rotatable bonds is 7. The van der Waals surface area contributed by atoms with Gasteiger partial charge in [0.15, 0.2) is 6.61 Å². The standard InChI is InChI=1S/C19H26N2O4/c1-14-7-5-6-10-16(14)21-18(23)13-25-19(24)12-20-17(22)11-15-8-3-2-4-9-15/h2-4,8-9,14,16H,5-7,10-13H2,1H3,(H,20,22)(H,21,23)/t14-,16-/m0/s1. The minimum absolute atomic E-state index is 0.158. The topological polar surface area (TPSA) is 84.5 Å². The molecule has 136 valence electrons. The summed E-state index contributed by atoms with van der Waals surface area (Å²) in [6.07, 6.45) is 4.59. The molecule has 6 heteroatoms. The maximum absolute atomic E-state index is 11.9. The predicted molar refractivity (Wildman–Crippen MR) is 93.7 cm³/mol. The van der Waals surface area contributed by atoms with E-state index in [-0.39, 0.29) is 37.4 Å². The van der Waals surface area contributed by atoms with Crippen LogP contribution in [0.2, 0.25) is 0 Å². The molecule has 0 unspecified atom stereocenters. The maximum atomic E-state index is 11.9. The fraction of sp³-hybridized carbons (Fsp3) is 0.526. The minimum atomic E-state index is -0.617. The molecule has 6 nitrogen and oxygen atoms in total. The van der Waals surface area contributed by atoms with Crippen LogP contribution in [-0.2, 0) is 25.5 Å². The number of nitrogens with one attached hydrogen (secondary N) is 2. The molecule has 0 saturated heterocycles. The van der Waals surface area contributed by atoms with E-state index < -0.39 is 5.97 Å². The third-order valence-electron chi connectivity index (χ3n) is 4.46. The van der Waals surface area contributed by atoms with Crippen LogP contribution in [0.3, 0.4) is 0 Å². The van der Waals surface area contributed by atoms with E-state index in [0.717, 1.165) is 24.8 Å². The third-order valence-corrected chi connectivity index (χ3v) is 4.46. The van der Waals surface area contributed by atoms with E-state index in [9.17, 15) is 14.4 Å². The van der Waals surface area contributed by atoms with Crippen molar-refractivity contribution >= 4 is 17.8 Å². The van der Waals surface area contributed by atoms with Crippen LogP contribution < -0.4 is 10.6 Å². The number of carbonyl (C=O) groups excluding carboxylic acids is 3. The molecule has 1 aliphatic rings. The summed E-state index contributed by atoms with van der Waals surface area (Å²) < 4.78 is 4.92. The Bertz CT molecular complexity index is 588. The van der Waals surface area contributed by atoms with Gasteiger partial charge < -0.3 is 15.4 Å². The molecular weight excluding hydrogens is 320 g/mol. The highest BCUT2D eigenvalue weighted by Gasteiger charge is 2.23. The van der Waals surface area contributed by atoms with Gasteiger partial charge in [-0.1, -0.05) is 50.1 Å². The fourth-order valence-corrected chi connectivity index (χ4v) is 2.99. The summed E-state index contributed by atoms with van der Waals surface area (Å²) in [5.41, 5.74) is 0.870. The van der Waals surface area contributed by atoms with Crippen molar-refractivity contribution in [2.24, 2.45) is 5.92 Å². The molecule has 0 bridgehead atoms. The Balaban J connectivity index is 1.61. The average Bonchev–Trinajstić information content (AvgIpc) is 2.61. The molecule has 0 heterocycles. The molecule has 0 aliphatic heterocycles. The lowest BCUT2D eigenvalue weighted by atomic mass is 9.86. The van der Waals surface area contributed by atoms with E-state index >= 15 is 0 Å². The first-order valence-corrected chi connectivity index (χ1v) is 8.80. The van der Waals surface area contributed by atoms with Gasteiger partial charge in [-0.05, 0) is 24.3 Å². The van der Waals surface area contributed by atoms with E-state index in [4.69, 9.17) is 4.74 Å². The van der Waals surface area contributed by atoms with Gasteiger partial charge in [0.1, 0.15) is 6.54 Å². The van der Waals surface area contributed by atoms with Gasteiger partial charge in [0, 0.05) is 6.04 Å². The Morgan fingerprint density at radius 2 is 1.80 bits per heavy atom. The van der Waals surface area contributed by atoms with E-state index in [1.807, 2.05) is 30.3 Å². The van der Waals surface area contributed by atoms with Crippen molar-refractivity contribution in [3.8, 4) is 0 Å². The molecule has 2 N–H and O–H groups in total. The molecule has 2 amide bonds. The summed E-state index contributed by atoms with van der Waals surface area (Å²) >= 11 is 0. The highest BCUT2D eigenvalue weighted by atomic mass is 16.5. The summed E-state index contributed by atoms with van der Waals surface area (Å²) in [4.78, 5) is 35.3. The molecule has 1 aromatic rings. The van der Waals surface area contributed by atoms with Crippen LogP contribution >= 0.6 is 0 Å².